The number of carbonyl (C=O) groups is 3. The second kappa shape index (κ2) is 31.0. The van der Waals surface area contributed by atoms with Gasteiger partial charge < -0.3 is 138 Å². The van der Waals surface area contributed by atoms with Crippen molar-refractivity contribution in [1.29, 1.82) is 0 Å². The van der Waals surface area contributed by atoms with E-state index in [0.717, 1.165) is 12.5 Å². The number of aliphatic hydroxyl groups excluding tert-OH is 13. The van der Waals surface area contributed by atoms with E-state index in [9.17, 15) is 85.9 Å². The summed E-state index contributed by atoms with van der Waals surface area (Å²) < 4.78 is 82.0. The molecule has 5 aliphatic heterocycles. The van der Waals surface area contributed by atoms with Crippen molar-refractivity contribution in [2.24, 2.45) is 40.4 Å². The highest BCUT2D eigenvalue weighted by atomic mass is 16.8. The molecule has 31 heteroatoms. The number of ether oxygens (including phenoxy) is 14. The maximum atomic E-state index is 14.5. The average molecular weight is 1390 g/mol. The molecule has 9 aliphatic rings. The summed E-state index contributed by atoms with van der Waals surface area (Å²) in [6, 6.07) is 4.24. The highest BCUT2D eigenvalue weighted by Gasteiger charge is 2.71. The third kappa shape index (κ3) is 14.9. The maximum Gasteiger partial charge on any atom is 0.338 e. The Bertz CT molecular complexity index is 2870. The second-order valence-electron chi connectivity index (χ2n) is 28.6. The number of methoxy groups -OCH3 is 2. The zero-order valence-corrected chi connectivity index (χ0v) is 55.7. The van der Waals surface area contributed by atoms with Crippen molar-refractivity contribution >= 4 is 17.7 Å². The van der Waals surface area contributed by atoms with Crippen molar-refractivity contribution in [3.8, 4) is 11.5 Å². The van der Waals surface area contributed by atoms with Crippen LogP contribution >= 0.6 is 0 Å². The first-order valence-corrected chi connectivity index (χ1v) is 33.6. The Morgan fingerprint density at radius 3 is 1.79 bits per heavy atom. The van der Waals surface area contributed by atoms with Crippen molar-refractivity contribution in [3.63, 3.8) is 0 Å². The van der Waals surface area contributed by atoms with E-state index >= 15 is 0 Å². The minimum atomic E-state index is -1.89. The molecule has 1 aromatic rings. The summed E-state index contributed by atoms with van der Waals surface area (Å²) in [5.74, 6) is -2.49. The second-order valence-corrected chi connectivity index (χ2v) is 28.6. The number of benzene rings is 1. The Kier molecular flexibility index (Phi) is 24.3. The van der Waals surface area contributed by atoms with E-state index in [1.807, 2.05) is 20.8 Å². The van der Waals surface area contributed by atoms with Crippen molar-refractivity contribution in [3.05, 3.63) is 35.4 Å². The molecule has 5 heterocycles. The van der Waals surface area contributed by atoms with Gasteiger partial charge in [0.1, 0.15) is 109 Å². The van der Waals surface area contributed by atoms with Crippen LogP contribution in [0.4, 0.5) is 0 Å². The molecule has 3 saturated carbocycles. The summed E-state index contributed by atoms with van der Waals surface area (Å²) in [6.07, 6.45) is -33.5. The van der Waals surface area contributed by atoms with Gasteiger partial charge in [-0.3, -0.25) is 9.59 Å². The van der Waals surface area contributed by atoms with Crippen LogP contribution in [0.15, 0.2) is 29.8 Å². The number of hydrogen-bond acceptors (Lipinski definition) is 31. The van der Waals surface area contributed by atoms with Crippen molar-refractivity contribution in [2.75, 3.05) is 47.3 Å². The van der Waals surface area contributed by atoms with Gasteiger partial charge in [-0.25, -0.2) is 4.79 Å². The fourth-order valence-electron chi connectivity index (χ4n) is 16.6. The first-order valence-electron chi connectivity index (χ1n) is 33.6. The predicted molar refractivity (Wildman–Crippen MR) is 326 cm³/mol. The van der Waals surface area contributed by atoms with E-state index in [1.54, 1.807) is 6.92 Å². The van der Waals surface area contributed by atoms with E-state index in [1.165, 1.54) is 32.4 Å². The fourth-order valence-corrected chi connectivity index (χ4v) is 16.6. The lowest BCUT2D eigenvalue weighted by molar-refractivity contribution is -0.345. The van der Waals surface area contributed by atoms with Gasteiger partial charge in [0.05, 0.1) is 65.0 Å². The molecular formula is C66H100O31. The van der Waals surface area contributed by atoms with Crippen LogP contribution in [-0.4, -0.2) is 296 Å². The number of esters is 2. The van der Waals surface area contributed by atoms with Gasteiger partial charge in [0.25, 0.3) is 0 Å². The van der Waals surface area contributed by atoms with Crippen LogP contribution in [0.5, 0.6) is 11.5 Å². The van der Waals surface area contributed by atoms with Gasteiger partial charge in [0.2, 0.25) is 0 Å². The van der Waals surface area contributed by atoms with Gasteiger partial charge in [-0.05, 0) is 98.7 Å². The summed E-state index contributed by atoms with van der Waals surface area (Å²) in [5, 5.41) is 154. The lowest BCUT2D eigenvalue weighted by Crippen LogP contribution is -2.64. The zero-order chi connectivity index (χ0) is 70.5. The molecule has 4 aliphatic carbocycles. The SMILES string of the molecule is COc1ccc(C(=O)O[C@@H]2[C@@H](O)[C@H](O[C@@H]3[C@@H](OC(C)=O)[C@H](O[C@H]4C[C@H]5[C@@H]6CC=C7C[C@@H](O[C@@H]8O[C@H](CO[C@@H]9O[C@H](CO[C@@H]%10O[C@H](CO)[C@@H](O)[C@H](O)[C@H]%10O)[C@@H](O)[C@H](O)[C@H]9O)[C@@H](O)[C@H](O)[C@H]8O)CC[C@]7(C)[C@H]6CC[C@]5(C)[C@@]4(O)[C@H](C)C(=O)CCC(C)C)OC[C@@H]3O)OC[C@H]2O)cc1OC. The normalized spacial score (nSPS) is 45.6. The van der Waals surface area contributed by atoms with Crippen LogP contribution in [0.3, 0.4) is 0 Å². The number of carbonyl (C=O) groups excluding carboxylic acids is 3. The van der Waals surface area contributed by atoms with E-state index in [-0.39, 0.29) is 53.6 Å². The van der Waals surface area contributed by atoms with E-state index in [4.69, 9.17) is 66.3 Å². The topological polar surface area (TPSA) is 464 Å². The monoisotopic (exact) mass is 1390 g/mol. The Morgan fingerprint density at radius 1 is 0.619 bits per heavy atom. The van der Waals surface area contributed by atoms with Gasteiger partial charge >= 0.3 is 11.9 Å². The van der Waals surface area contributed by atoms with Crippen LogP contribution in [0, 0.1) is 40.4 Å². The van der Waals surface area contributed by atoms with Gasteiger partial charge in [-0.15, -0.1) is 0 Å². The summed E-state index contributed by atoms with van der Waals surface area (Å²) in [7, 11) is 2.80. The lowest BCUT2D eigenvalue weighted by atomic mass is 9.46. The number of aliphatic hydroxyl groups is 14. The minimum Gasteiger partial charge on any atom is -0.493 e. The molecule has 5 saturated heterocycles. The summed E-state index contributed by atoms with van der Waals surface area (Å²) >= 11 is 0. The van der Waals surface area contributed by atoms with Gasteiger partial charge in [0.15, 0.2) is 55.2 Å². The zero-order valence-electron chi connectivity index (χ0n) is 55.7. The highest BCUT2D eigenvalue weighted by Crippen LogP contribution is 2.69. The summed E-state index contributed by atoms with van der Waals surface area (Å²) in [6.45, 7) is 8.10. The van der Waals surface area contributed by atoms with Crippen LogP contribution in [0.1, 0.15) is 110 Å². The predicted octanol–water partition coefficient (Wildman–Crippen LogP) is -2.49. The van der Waals surface area contributed by atoms with Crippen molar-refractivity contribution in [2.45, 2.75) is 258 Å². The summed E-state index contributed by atoms with van der Waals surface area (Å²) in [4.78, 5) is 41.0. The van der Waals surface area contributed by atoms with Gasteiger partial charge in [0, 0.05) is 24.7 Å². The molecule has 97 heavy (non-hydrogen) atoms. The van der Waals surface area contributed by atoms with Gasteiger partial charge in [-0.2, -0.15) is 0 Å². The van der Waals surface area contributed by atoms with Crippen molar-refractivity contribution < 1.29 is 152 Å². The van der Waals surface area contributed by atoms with E-state index in [0.29, 0.717) is 50.7 Å². The minimum absolute atomic E-state index is 0.00279. The molecule has 1 aromatic carbocycles. The Morgan fingerprint density at radius 2 is 1.20 bits per heavy atom. The molecule has 10 rings (SSSR count). The standard InChI is InChI=1S/C66H100O31/c1-27(2)9-13-36(69)28(3)66(83)44(95-63-57(90-29(4)68)56(38(71)24-87-63)97-61-54(81)55(37(70)23-86-61)96-58(82)30-10-14-39(84-7)40(19-30)85-8)21-35-33-12-11-31-20-32(15-17-64(31,5)34(33)16-18-65(35,66)6)91-62-53(80)50(77)47(74)43(94-62)26-89-60-52(79)49(76)46(73)42(93-60)25-88-59-51(78)48(75)45(72)41(22-67)92-59/h10-11,14,19,27-28,32-35,37-38,41-57,59-63,67,70-81,83H,9,12-13,15-18,20-26H2,1-8H3/t28-,32+,33-,34+,35+,37-,38+,41-,42-,43-,44+,45-,46-,47-,48+,49+,50+,51-,52-,53-,54-,55+,56+,57-,59-,60-,61+,62-,63+,64+,65+,66-/m1/s1. The molecule has 8 fully saturated rings. The fraction of sp³-hybridized carbons (Fsp3) is 0.833. The van der Waals surface area contributed by atoms with Crippen molar-refractivity contribution in [1.82, 2.24) is 0 Å². The first-order chi connectivity index (χ1) is 45.9. The third-order valence-electron chi connectivity index (χ3n) is 22.4. The first kappa shape index (κ1) is 75.9. The molecule has 14 N–H and O–H groups in total. The molecule has 31 nitrogen and oxygen atoms in total. The third-order valence-corrected chi connectivity index (χ3v) is 22.4. The molecule has 0 unspecified atom stereocenters. The molecular weight excluding hydrogens is 1290 g/mol. The Hall–Kier alpha value is -3.79. The number of allylic oxidation sites excluding steroid dienone is 1. The highest BCUT2D eigenvalue weighted by molar-refractivity contribution is 5.90. The molecule has 0 radical (unpaired) electrons. The molecule has 0 spiro atoms. The molecule has 0 amide bonds. The number of fused-ring (bicyclic) bond motifs is 5. The number of Topliss-reactive ketones (excluding diaryl/α,β-unsaturated/α-hetero) is 1. The summed E-state index contributed by atoms with van der Waals surface area (Å²) in [5.41, 5.74) is -2.12. The number of hydrogen-bond donors (Lipinski definition) is 14. The van der Waals surface area contributed by atoms with E-state index < -0.39 is 221 Å². The van der Waals surface area contributed by atoms with E-state index in [2.05, 4.69) is 13.0 Å². The molecule has 0 aromatic heterocycles. The quantitative estimate of drug-likeness (QED) is 0.0398. The smallest absolute Gasteiger partial charge is 0.338 e. The van der Waals surface area contributed by atoms with Crippen LogP contribution in [0.25, 0.3) is 0 Å². The number of rotatable bonds is 23. The number of ketones is 1. The lowest BCUT2D eigenvalue weighted by Gasteiger charge is -2.59. The van der Waals surface area contributed by atoms with Crippen LogP contribution in [0.2, 0.25) is 0 Å². The maximum absolute atomic E-state index is 14.5. The molecule has 550 valence electrons. The largest absolute Gasteiger partial charge is 0.493 e. The molecule has 0 bridgehead atoms. The van der Waals surface area contributed by atoms with Crippen LogP contribution in [-0.2, 0) is 66.4 Å². The Balaban J connectivity index is 0.819. The van der Waals surface area contributed by atoms with Crippen LogP contribution < -0.4 is 9.47 Å². The van der Waals surface area contributed by atoms with Gasteiger partial charge in [-0.1, -0.05) is 46.3 Å². The average Bonchev–Trinajstić information content (AvgIpc) is 1.56. The Labute approximate surface area is 561 Å². The molecule has 32 atom stereocenters.